The normalized spacial score (nSPS) is 12.3. The van der Waals surface area contributed by atoms with Crippen molar-refractivity contribution in [2.45, 2.75) is 38.1 Å². The number of nitrogens with one attached hydrogen (secondary N) is 1. The lowest BCUT2D eigenvalue weighted by Gasteiger charge is -2.22. The summed E-state index contributed by atoms with van der Waals surface area (Å²) in [5.74, 6) is 0.100. The predicted octanol–water partition coefficient (Wildman–Crippen LogP) is 3.78. The van der Waals surface area contributed by atoms with Crippen LogP contribution in [0, 0.1) is 13.8 Å². The van der Waals surface area contributed by atoms with Crippen LogP contribution in [0.1, 0.15) is 25.0 Å². The van der Waals surface area contributed by atoms with Gasteiger partial charge in [-0.1, -0.05) is 35.6 Å². The van der Waals surface area contributed by atoms with Crippen molar-refractivity contribution in [2.24, 2.45) is 0 Å². The Morgan fingerprint density at radius 3 is 2.39 bits per heavy atom. The van der Waals surface area contributed by atoms with Gasteiger partial charge in [-0.05, 0) is 63.1 Å². The number of nitrogens with zero attached hydrogens (tertiary/aromatic N) is 3. The Labute approximate surface area is 185 Å². The van der Waals surface area contributed by atoms with E-state index in [2.05, 4.69) is 15.5 Å². The maximum atomic E-state index is 13.2. The Hall–Kier alpha value is -2.98. The average molecular weight is 461 g/mol. The fourth-order valence-corrected chi connectivity index (χ4v) is 5.47. The van der Waals surface area contributed by atoms with Crippen molar-refractivity contribution in [3.05, 3.63) is 59.7 Å². The smallest absolute Gasteiger partial charge is 0.293 e. The third kappa shape index (κ3) is 5.39. The third-order valence-corrected chi connectivity index (χ3v) is 7.44. The lowest BCUT2D eigenvalue weighted by molar-refractivity contribution is -0.122. The monoisotopic (exact) mass is 460 g/mol. The molecule has 0 spiro atoms. The highest BCUT2D eigenvalue weighted by atomic mass is 32.2. The molecule has 2 aromatic carbocycles. The molecule has 1 heterocycles. The quantitative estimate of drug-likeness (QED) is 0.514. The van der Waals surface area contributed by atoms with Crippen LogP contribution in [-0.4, -0.2) is 37.2 Å². The van der Waals surface area contributed by atoms with E-state index in [4.69, 9.17) is 4.74 Å². The van der Waals surface area contributed by atoms with E-state index in [0.717, 1.165) is 22.5 Å². The van der Waals surface area contributed by atoms with Gasteiger partial charge in [0.2, 0.25) is 5.13 Å². The Kier molecular flexibility index (Phi) is 6.91. The van der Waals surface area contributed by atoms with E-state index in [-0.39, 0.29) is 16.0 Å². The summed E-state index contributed by atoms with van der Waals surface area (Å²) < 4.78 is 33.0. The van der Waals surface area contributed by atoms with Crippen molar-refractivity contribution < 1.29 is 17.9 Å². The molecule has 3 rings (SSSR count). The van der Waals surface area contributed by atoms with Gasteiger partial charge in [-0.3, -0.25) is 14.4 Å². The lowest BCUT2D eigenvalue weighted by Crippen LogP contribution is -2.31. The van der Waals surface area contributed by atoms with Gasteiger partial charge in [0.1, 0.15) is 5.75 Å². The summed E-state index contributed by atoms with van der Waals surface area (Å²) >= 11 is 0.799. The molecule has 0 aliphatic rings. The fraction of sp³-hybridized carbons (Fsp3) is 0.286. The highest BCUT2D eigenvalue weighted by Crippen LogP contribution is 2.28. The van der Waals surface area contributed by atoms with E-state index < -0.39 is 22.0 Å². The van der Waals surface area contributed by atoms with Gasteiger partial charge in [-0.25, -0.2) is 0 Å². The van der Waals surface area contributed by atoms with E-state index in [0.29, 0.717) is 11.4 Å². The number of benzene rings is 2. The minimum Gasteiger partial charge on any atom is -0.481 e. The summed E-state index contributed by atoms with van der Waals surface area (Å²) in [6.45, 7) is 7.40. The zero-order valence-corrected chi connectivity index (χ0v) is 19.3. The highest BCUT2D eigenvalue weighted by Gasteiger charge is 2.29. The lowest BCUT2D eigenvalue weighted by atomic mass is 10.1. The minimum atomic E-state index is -3.93. The molecule has 0 fully saturated rings. The van der Waals surface area contributed by atoms with Crippen molar-refractivity contribution in [3.63, 3.8) is 0 Å². The van der Waals surface area contributed by atoms with Crippen LogP contribution in [0.25, 0.3) is 0 Å². The molecular weight excluding hydrogens is 436 g/mol. The maximum absolute atomic E-state index is 13.2. The van der Waals surface area contributed by atoms with Gasteiger partial charge in [-0.15, -0.1) is 10.2 Å². The Bertz CT molecular complexity index is 1140. The van der Waals surface area contributed by atoms with Crippen molar-refractivity contribution in [1.29, 1.82) is 0 Å². The number of aryl methyl sites for hydroxylation is 2. The van der Waals surface area contributed by atoms with E-state index in [1.807, 2.05) is 26.0 Å². The third-order valence-electron chi connectivity index (χ3n) is 4.35. The van der Waals surface area contributed by atoms with Gasteiger partial charge in [0.15, 0.2) is 6.10 Å². The van der Waals surface area contributed by atoms with Gasteiger partial charge < -0.3 is 4.74 Å². The van der Waals surface area contributed by atoms with Crippen LogP contribution in [0.4, 0.5) is 10.8 Å². The van der Waals surface area contributed by atoms with Crippen molar-refractivity contribution in [3.8, 4) is 5.75 Å². The van der Waals surface area contributed by atoms with E-state index in [1.165, 1.54) is 4.31 Å². The molecule has 31 heavy (non-hydrogen) atoms. The summed E-state index contributed by atoms with van der Waals surface area (Å²) in [5, 5.41) is 10.3. The fourth-order valence-electron chi connectivity index (χ4n) is 3.01. The predicted molar refractivity (Wildman–Crippen MR) is 121 cm³/mol. The molecule has 0 aliphatic heterocycles. The van der Waals surface area contributed by atoms with Gasteiger partial charge >= 0.3 is 0 Å². The van der Waals surface area contributed by atoms with Crippen LogP contribution in [-0.2, 0) is 14.8 Å². The van der Waals surface area contributed by atoms with Gasteiger partial charge in [-0.2, -0.15) is 8.42 Å². The molecule has 1 N–H and O–H groups in total. The van der Waals surface area contributed by atoms with Gasteiger partial charge in [0, 0.05) is 6.54 Å². The number of sulfonamides is 1. The van der Waals surface area contributed by atoms with Gasteiger partial charge in [0.05, 0.1) is 5.69 Å². The second kappa shape index (κ2) is 9.44. The number of carbonyl (C=O) groups is 1. The SMILES string of the molecule is CCN(c1cc(C)cc(C)c1)S(=O)(=O)c1nnc(NC(=O)[C@@H](C)Oc2ccccc2)s1. The molecule has 0 saturated carbocycles. The summed E-state index contributed by atoms with van der Waals surface area (Å²) in [5.41, 5.74) is 2.48. The number of hydrogen-bond donors (Lipinski definition) is 1. The number of aromatic nitrogens is 2. The Balaban J connectivity index is 1.76. The first-order chi connectivity index (χ1) is 14.7. The first kappa shape index (κ1) is 22.7. The van der Waals surface area contributed by atoms with Gasteiger partial charge in [0.25, 0.3) is 20.3 Å². The molecule has 0 radical (unpaired) electrons. The van der Waals surface area contributed by atoms with E-state index >= 15 is 0 Å². The summed E-state index contributed by atoms with van der Waals surface area (Å²) in [6.07, 6.45) is -0.797. The first-order valence-corrected chi connectivity index (χ1v) is 11.9. The molecule has 0 saturated heterocycles. The second-order valence-corrected chi connectivity index (χ2v) is 9.96. The molecule has 0 aliphatic carbocycles. The molecule has 10 heteroatoms. The van der Waals surface area contributed by atoms with Crippen LogP contribution < -0.4 is 14.4 Å². The second-order valence-electron chi connectivity index (χ2n) is 6.95. The summed E-state index contributed by atoms with van der Waals surface area (Å²) in [4.78, 5) is 12.4. The topological polar surface area (TPSA) is 101 Å². The number of rotatable bonds is 8. The number of para-hydroxylation sites is 1. The largest absolute Gasteiger partial charge is 0.481 e. The first-order valence-electron chi connectivity index (χ1n) is 9.68. The van der Waals surface area contributed by atoms with Crippen molar-refractivity contribution in [1.82, 2.24) is 10.2 Å². The molecule has 0 unspecified atom stereocenters. The van der Waals surface area contributed by atoms with Crippen LogP contribution in [0.3, 0.4) is 0 Å². The van der Waals surface area contributed by atoms with E-state index in [9.17, 15) is 13.2 Å². The summed E-state index contributed by atoms with van der Waals surface area (Å²) in [6, 6.07) is 14.5. The standard InChI is InChI=1S/C21H24N4O4S2/c1-5-25(17-12-14(2)11-15(3)13-17)31(27,28)21-24-23-20(30-21)22-19(26)16(4)29-18-9-7-6-8-10-18/h6-13,16H,5H2,1-4H3,(H,22,23,26)/t16-/m1/s1. The number of carbonyl (C=O) groups excluding carboxylic acids is 1. The molecule has 8 nitrogen and oxygen atoms in total. The van der Waals surface area contributed by atoms with Crippen LogP contribution in [0.5, 0.6) is 5.75 Å². The maximum Gasteiger partial charge on any atom is 0.293 e. The van der Waals surface area contributed by atoms with Crippen LogP contribution in [0.2, 0.25) is 0 Å². The molecule has 0 bridgehead atoms. The Morgan fingerprint density at radius 2 is 1.77 bits per heavy atom. The number of ether oxygens (including phenoxy) is 1. The number of hydrogen-bond acceptors (Lipinski definition) is 7. The van der Waals surface area contributed by atoms with Crippen molar-refractivity contribution in [2.75, 3.05) is 16.2 Å². The summed E-state index contributed by atoms with van der Waals surface area (Å²) in [7, 11) is -3.93. The molecule has 1 aromatic heterocycles. The molecule has 164 valence electrons. The molecular formula is C21H24N4O4S2. The zero-order chi connectivity index (χ0) is 22.6. The number of anilines is 2. The average Bonchev–Trinajstić information content (AvgIpc) is 3.18. The minimum absolute atomic E-state index is 0.0866. The number of amides is 1. The van der Waals surface area contributed by atoms with Crippen molar-refractivity contribution >= 4 is 38.1 Å². The van der Waals surface area contributed by atoms with Crippen LogP contribution >= 0.6 is 11.3 Å². The Morgan fingerprint density at radius 1 is 1.13 bits per heavy atom. The molecule has 1 amide bonds. The molecule has 1 atom stereocenters. The highest BCUT2D eigenvalue weighted by molar-refractivity contribution is 7.94. The van der Waals surface area contributed by atoms with Crippen LogP contribution in [0.15, 0.2) is 52.9 Å². The van der Waals surface area contributed by atoms with E-state index in [1.54, 1.807) is 50.2 Å². The zero-order valence-electron chi connectivity index (χ0n) is 17.7. The molecule has 3 aromatic rings.